The number of β-amino-alcohol motifs (C(OH)–C–C–N with tert-alkyl or cyclic N) is 1. The van der Waals surface area contributed by atoms with Gasteiger partial charge in [0.05, 0.1) is 10.5 Å². The first-order chi connectivity index (χ1) is 9.76. The molecule has 7 nitrogen and oxygen atoms in total. The highest BCUT2D eigenvalue weighted by molar-refractivity contribution is 5.66. The molecular weight excluding hydrogens is 272 g/mol. The molecule has 7 heteroatoms. The zero-order valence-corrected chi connectivity index (χ0v) is 12.5. The second kappa shape index (κ2) is 5.87. The van der Waals surface area contributed by atoms with Crippen molar-refractivity contribution in [3.8, 4) is 0 Å². The highest BCUT2D eigenvalue weighted by Crippen LogP contribution is 2.27. The van der Waals surface area contributed by atoms with Crippen molar-refractivity contribution in [2.45, 2.75) is 19.4 Å². The van der Waals surface area contributed by atoms with Gasteiger partial charge in [-0.2, -0.15) is 0 Å². The summed E-state index contributed by atoms with van der Waals surface area (Å²) >= 11 is 0. The van der Waals surface area contributed by atoms with Gasteiger partial charge in [-0.3, -0.25) is 15.0 Å². The van der Waals surface area contributed by atoms with Crippen LogP contribution in [-0.4, -0.2) is 53.3 Å². The van der Waals surface area contributed by atoms with Crippen LogP contribution in [0.3, 0.4) is 0 Å². The van der Waals surface area contributed by atoms with E-state index in [0.29, 0.717) is 6.54 Å². The van der Waals surface area contributed by atoms with Crippen molar-refractivity contribution in [2.24, 2.45) is 0 Å². The van der Waals surface area contributed by atoms with Gasteiger partial charge in [-0.15, -0.1) is 0 Å². The number of hydrogen-bond donors (Lipinski definition) is 2. The number of anilines is 2. The number of rotatable bonds is 4. The third-order valence-corrected chi connectivity index (χ3v) is 3.56. The van der Waals surface area contributed by atoms with Crippen molar-refractivity contribution in [1.82, 2.24) is 4.90 Å². The molecule has 2 rings (SSSR count). The summed E-state index contributed by atoms with van der Waals surface area (Å²) in [5.74, 6) is 0. The lowest BCUT2D eigenvalue weighted by Crippen LogP contribution is -2.50. The van der Waals surface area contributed by atoms with E-state index in [0.717, 1.165) is 31.9 Å². The molecule has 0 aliphatic carbocycles. The normalized spacial score (nSPS) is 17.0. The molecule has 1 aromatic rings. The minimum Gasteiger partial charge on any atom is -0.393 e. The maximum Gasteiger partial charge on any atom is 0.292 e. The van der Waals surface area contributed by atoms with E-state index in [1.54, 1.807) is 26.0 Å². The van der Waals surface area contributed by atoms with Gasteiger partial charge in [-0.25, -0.2) is 0 Å². The molecule has 3 N–H and O–H groups in total. The Labute approximate surface area is 124 Å². The van der Waals surface area contributed by atoms with E-state index < -0.39 is 10.5 Å². The molecule has 116 valence electrons. The standard InChI is InChI=1S/C14H22N4O3/c1-14(2,19)10-16-5-7-17(8-6-16)11-3-4-13(18(20)21)12(15)9-11/h3-4,9,19H,5-8,10,15H2,1-2H3. The summed E-state index contributed by atoms with van der Waals surface area (Å²) < 4.78 is 0. The predicted molar refractivity (Wildman–Crippen MR) is 82.5 cm³/mol. The fourth-order valence-corrected chi connectivity index (χ4v) is 2.62. The first-order valence-corrected chi connectivity index (χ1v) is 7.00. The van der Waals surface area contributed by atoms with Crippen LogP contribution in [0.2, 0.25) is 0 Å². The molecule has 0 aromatic heterocycles. The molecule has 0 spiro atoms. The smallest absolute Gasteiger partial charge is 0.292 e. The molecule has 1 aromatic carbocycles. The van der Waals surface area contributed by atoms with Crippen molar-refractivity contribution in [1.29, 1.82) is 0 Å². The van der Waals surface area contributed by atoms with E-state index in [1.807, 2.05) is 0 Å². The highest BCUT2D eigenvalue weighted by atomic mass is 16.6. The number of aliphatic hydroxyl groups is 1. The average Bonchev–Trinajstić information content (AvgIpc) is 2.37. The van der Waals surface area contributed by atoms with Crippen LogP contribution in [0.25, 0.3) is 0 Å². The summed E-state index contributed by atoms with van der Waals surface area (Å²) in [5.41, 5.74) is 6.07. The van der Waals surface area contributed by atoms with E-state index in [-0.39, 0.29) is 11.4 Å². The Morgan fingerprint density at radius 3 is 2.43 bits per heavy atom. The molecular formula is C14H22N4O3. The van der Waals surface area contributed by atoms with Gasteiger partial charge in [0.15, 0.2) is 0 Å². The topological polar surface area (TPSA) is 95.9 Å². The van der Waals surface area contributed by atoms with Gasteiger partial charge < -0.3 is 15.7 Å². The first kappa shape index (κ1) is 15.5. The Morgan fingerprint density at radius 2 is 1.95 bits per heavy atom. The SMILES string of the molecule is CC(C)(O)CN1CCN(c2ccc([N+](=O)[O-])c(N)c2)CC1. The molecule has 0 bridgehead atoms. The molecule has 0 amide bonds. The third kappa shape index (κ3) is 4.05. The van der Waals surface area contributed by atoms with E-state index in [4.69, 9.17) is 5.73 Å². The maximum absolute atomic E-state index is 10.8. The minimum absolute atomic E-state index is 0.0561. The second-order valence-electron chi connectivity index (χ2n) is 6.08. The highest BCUT2D eigenvalue weighted by Gasteiger charge is 2.23. The largest absolute Gasteiger partial charge is 0.393 e. The number of nitro groups is 1. The van der Waals surface area contributed by atoms with Crippen molar-refractivity contribution in [3.63, 3.8) is 0 Å². The maximum atomic E-state index is 10.8. The lowest BCUT2D eigenvalue weighted by molar-refractivity contribution is -0.383. The molecule has 0 saturated carbocycles. The Balaban J connectivity index is 1.99. The molecule has 1 saturated heterocycles. The van der Waals surface area contributed by atoms with Crippen LogP contribution in [0.15, 0.2) is 18.2 Å². The van der Waals surface area contributed by atoms with Gasteiger partial charge in [0.1, 0.15) is 5.69 Å². The number of nitrogens with zero attached hydrogens (tertiary/aromatic N) is 3. The van der Waals surface area contributed by atoms with Crippen LogP contribution >= 0.6 is 0 Å². The average molecular weight is 294 g/mol. The van der Waals surface area contributed by atoms with Crippen molar-refractivity contribution < 1.29 is 10.0 Å². The van der Waals surface area contributed by atoms with Crippen LogP contribution in [0.4, 0.5) is 17.1 Å². The molecule has 1 heterocycles. The zero-order chi connectivity index (χ0) is 15.6. The molecule has 1 aliphatic heterocycles. The number of nitrogens with two attached hydrogens (primary N) is 1. The number of benzene rings is 1. The fourth-order valence-electron chi connectivity index (χ4n) is 2.62. The predicted octanol–water partition coefficient (Wildman–Crippen LogP) is 1.07. The number of hydrogen-bond acceptors (Lipinski definition) is 6. The van der Waals surface area contributed by atoms with E-state index in [2.05, 4.69) is 9.80 Å². The summed E-state index contributed by atoms with van der Waals surface area (Å²) in [7, 11) is 0. The number of nitrogen functional groups attached to an aromatic ring is 1. The zero-order valence-electron chi connectivity index (χ0n) is 12.5. The van der Waals surface area contributed by atoms with Crippen LogP contribution in [0.5, 0.6) is 0 Å². The van der Waals surface area contributed by atoms with Gasteiger partial charge in [0.25, 0.3) is 5.69 Å². The van der Waals surface area contributed by atoms with Gasteiger partial charge in [-0.05, 0) is 26.0 Å². The fraction of sp³-hybridized carbons (Fsp3) is 0.571. The van der Waals surface area contributed by atoms with Crippen molar-refractivity contribution in [2.75, 3.05) is 43.4 Å². The Kier molecular flexibility index (Phi) is 4.34. The Morgan fingerprint density at radius 1 is 1.33 bits per heavy atom. The molecule has 1 fully saturated rings. The quantitative estimate of drug-likeness (QED) is 0.490. The molecule has 21 heavy (non-hydrogen) atoms. The summed E-state index contributed by atoms with van der Waals surface area (Å²) in [4.78, 5) is 14.7. The lowest BCUT2D eigenvalue weighted by Gasteiger charge is -2.38. The van der Waals surface area contributed by atoms with E-state index in [9.17, 15) is 15.2 Å². The van der Waals surface area contributed by atoms with Gasteiger partial charge in [-0.1, -0.05) is 0 Å². The molecule has 0 radical (unpaired) electrons. The lowest BCUT2D eigenvalue weighted by atomic mass is 10.1. The summed E-state index contributed by atoms with van der Waals surface area (Å²) in [6.45, 7) is 7.57. The van der Waals surface area contributed by atoms with Crippen molar-refractivity contribution >= 4 is 17.1 Å². The number of nitro benzene ring substituents is 1. The van der Waals surface area contributed by atoms with Crippen LogP contribution in [0, 0.1) is 10.1 Å². The van der Waals surface area contributed by atoms with Crippen LogP contribution in [0.1, 0.15) is 13.8 Å². The van der Waals surface area contributed by atoms with Crippen molar-refractivity contribution in [3.05, 3.63) is 28.3 Å². The first-order valence-electron chi connectivity index (χ1n) is 7.00. The monoisotopic (exact) mass is 294 g/mol. The van der Waals surface area contributed by atoms with E-state index >= 15 is 0 Å². The summed E-state index contributed by atoms with van der Waals surface area (Å²) in [5, 5.41) is 20.6. The summed E-state index contributed by atoms with van der Waals surface area (Å²) in [6, 6.07) is 4.85. The van der Waals surface area contributed by atoms with E-state index in [1.165, 1.54) is 6.07 Å². The molecule has 0 unspecified atom stereocenters. The van der Waals surface area contributed by atoms with Gasteiger partial charge >= 0.3 is 0 Å². The Bertz CT molecular complexity index is 519. The molecule has 1 aliphatic rings. The Hall–Kier alpha value is -1.86. The van der Waals surface area contributed by atoms with Crippen LogP contribution < -0.4 is 10.6 Å². The van der Waals surface area contributed by atoms with Crippen LogP contribution in [-0.2, 0) is 0 Å². The number of piperazine rings is 1. The van der Waals surface area contributed by atoms with Gasteiger partial charge in [0, 0.05) is 44.5 Å². The third-order valence-electron chi connectivity index (χ3n) is 3.56. The van der Waals surface area contributed by atoms with Gasteiger partial charge in [0.2, 0.25) is 0 Å². The second-order valence-corrected chi connectivity index (χ2v) is 6.08. The molecule has 0 atom stereocenters. The minimum atomic E-state index is -0.694. The summed E-state index contributed by atoms with van der Waals surface area (Å²) in [6.07, 6.45) is 0.